The highest BCUT2D eigenvalue weighted by molar-refractivity contribution is 7.13. The Morgan fingerprint density at radius 1 is 1.20 bits per heavy atom. The third-order valence-electron chi connectivity index (χ3n) is 4.01. The summed E-state index contributed by atoms with van der Waals surface area (Å²) >= 11 is 1.30. The highest BCUT2D eigenvalue weighted by Crippen LogP contribution is 2.36. The van der Waals surface area contributed by atoms with Crippen molar-refractivity contribution in [1.82, 2.24) is 4.98 Å². The minimum atomic E-state index is -4.42. The summed E-state index contributed by atoms with van der Waals surface area (Å²) in [6.07, 6.45) is -2.79. The molecule has 0 amide bonds. The molecular formula is C21H18F3N3O2S. The molecule has 30 heavy (non-hydrogen) atoms. The maximum Gasteiger partial charge on any atom is 0.417 e. The lowest BCUT2D eigenvalue weighted by atomic mass is 9.98. The second-order valence-corrected chi connectivity index (χ2v) is 7.02. The summed E-state index contributed by atoms with van der Waals surface area (Å²) in [5, 5.41) is 6.33. The number of rotatable bonds is 7. The van der Waals surface area contributed by atoms with Crippen molar-refractivity contribution in [1.29, 1.82) is 0 Å². The van der Waals surface area contributed by atoms with Gasteiger partial charge in [-0.15, -0.1) is 11.3 Å². The van der Waals surface area contributed by atoms with Crippen LogP contribution in [0.4, 0.5) is 18.3 Å². The van der Waals surface area contributed by atoms with E-state index in [4.69, 9.17) is 4.74 Å². The molecule has 0 atom stereocenters. The van der Waals surface area contributed by atoms with Crippen LogP contribution in [0.5, 0.6) is 0 Å². The minimum absolute atomic E-state index is 0.0938. The molecule has 0 saturated carbocycles. The van der Waals surface area contributed by atoms with Gasteiger partial charge in [-0.2, -0.15) is 18.3 Å². The molecule has 1 N–H and O–H groups in total. The molecule has 3 rings (SSSR count). The van der Waals surface area contributed by atoms with Crippen LogP contribution in [0.3, 0.4) is 0 Å². The summed E-state index contributed by atoms with van der Waals surface area (Å²) < 4.78 is 44.4. The Hall–Kier alpha value is -3.20. The van der Waals surface area contributed by atoms with Crippen molar-refractivity contribution < 1.29 is 22.7 Å². The van der Waals surface area contributed by atoms with Crippen LogP contribution < -0.4 is 5.43 Å². The number of benzene rings is 2. The number of alkyl halides is 3. The summed E-state index contributed by atoms with van der Waals surface area (Å²) in [6.45, 7) is 2.06. The van der Waals surface area contributed by atoms with Crippen molar-refractivity contribution in [2.75, 3.05) is 12.0 Å². The van der Waals surface area contributed by atoms with Gasteiger partial charge in [0.1, 0.15) is 0 Å². The maximum absolute atomic E-state index is 13.2. The SMILES string of the molecule is CCOC(=O)Cc1csc(NN=Cc2ccc(-c3ccccc3C(F)(F)F)cc2)n1. The molecule has 0 spiro atoms. The molecule has 0 unspecified atom stereocenters. The van der Waals surface area contributed by atoms with E-state index in [0.717, 1.165) is 6.07 Å². The standard InChI is InChI=1S/C21H18F3N3O2S/c1-2-29-19(28)11-16-13-30-20(26-16)27-25-12-14-7-9-15(10-8-14)17-5-3-4-6-18(17)21(22,23)24/h3-10,12-13H,2,11H2,1H3,(H,26,27). The Morgan fingerprint density at radius 3 is 2.63 bits per heavy atom. The normalized spacial score (nSPS) is 11.6. The Bertz CT molecular complexity index is 1030. The topological polar surface area (TPSA) is 63.6 Å². The van der Waals surface area contributed by atoms with Crippen molar-refractivity contribution in [3.8, 4) is 11.1 Å². The summed E-state index contributed by atoms with van der Waals surface area (Å²) in [5.41, 5.74) is 3.99. The predicted molar refractivity (Wildman–Crippen MR) is 111 cm³/mol. The van der Waals surface area contributed by atoms with E-state index in [1.807, 2.05) is 0 Å². The van der Waals surface area contributed by atoms with E-state index in [1.165, 1.54) is 29.7 Å². The number of carbonyl (C=O) groups excluding carboxylic acids is 1. The molecule has 156 valence electrons. The van der Waals surface area contributed by atoms with Crippen molar-refractivity contribution in [3.05, 3.63) is 70.7 Å². The largest absolute Gasteiger partial charge is 0.466 e. The highest BCUT2D eigenvalue weighted by atomic mass is 32.1. The van der Waals surface area contributed by atoms with E-state index < -0.39 is 11.7 Å². The van der Waals surface area contributed by atoms with Gasteiger partial charge in [0.25, 0.3) is 0 Å². The fraction of sp³-hybridized carbons (Fsp3) is 0.190. The summed E-state index contributed by atoms with van der Waals surface area (Å²) in [5.74, 6) is -0.343. The van der Waals surface area contributed by atoms with E-state index in [-0.39, 0.29) is 18.0 Å². The zero-order valence-corrected chi connectivity index (χ0v) is 16.8. The molecule has 1 aromatic heterocycles. The van der Waals surface area contributed by atoms with E-state index in [2.05, 4.69) is 15.5 Å². The van der Waals surface area contributed by atoms with Crippen molar-refractivity contribution >= 4 is 28.7 Å². The van der Waals surface area contributed by atoms with Crippen LogP contribution in [-0.4, -0.2) is 23.8 Å². The number of halogens is 3. The molecule has 0 radical (unpaired) electrons. The number of nitrogens with one attached hydrogen (secondary N) is 1. The van der Waals surface area contributed by atoms with Crippen molar-refractivity contribution in [2.45, 2.75) is 19.5 Å². The van der Waals surface area contributed by atoms with Crippen LogP contribution >= 0.6 is 11.3 Å². The number of thiazole rings is 1. The first-order chi connectivity index (χ1) is 14.4. The first kappa shape index (κ1) is 21.5. The average Bonchev–Trinajstić information content (AvgIpc) is 3.15. The molecule has 0 saturated heterocycles. The van der Waals surface area contributed by atoms with Crippen LogP contribution in [0.2, 0.25) is 0 Å². The molecule has 0 bridgehead atoms. The van der Waals surface area contributed by atoms with Gasteiger partial charge in [0, 0.05) is 5.38 Å². The number of anilines is 1. The number of hydrazone groups is 1. The predicted octanol–water partition coefficient (Wildman–Crippen LogP) is 5.38. The van der Waals surface area contributed by atoms with Crippen LogP contribution in [0.25, 0.3) is 11.1 Å². The number of hydrogen-bond donors (Lipinski definition) is 1. The third kappa shape index (κ3) is 5.66. The zero-order valence-electron chi connectivity index (χ0n) is 15.9. The molecule has 0 aliphatic heterocycles. The summed E-state index contributed by atoms with van der Waals surface area (Å²) in [7, 11) is 0. The lowest BCUT2D eigenvalue weighted by molar-refractivity contribution is -0.142. The zero-order chi connectivity index (χ0) is 21.6. The van der Waals surface area contributed by atoms with Crippen molar-refractivity contribution in [2.24, 2.45) is 5.10 Å². The van der Waals surface area contributed by atoms with E-state index >= 15 is 0 Å². The Labute approximate surface area is 175 Å². The summed E-state index contributed by atoms with van der Waals surface area (Å²) in [6, 6.07) is 12.1. The van der Waals surface area contributed by atoms with Gasteiger partial charge in [-0.05, 0) is 29.7 Å². The first-order valence-corrected chi connectivity index (χ1v) is 9.90. The van der Waals surface area contributed by atoms with E-state index in [1.54, 1.807) is 42.6 Å². The Morgan fingerprint density at radius 2 is 1.93 bits per heavy atom. The third-order valence-corrected chi connectivity index (χ3v) is 4.81. The molecular weight excluding hydrogens is 415 g/mol. The molecule has 0 aliphatic rings. The average molecular weight is 433 g/mol. The van der Waals surface area contributed by atoms with Crippen LogP contribution in [0.1, 0.15) is 23.7 Å². The number of carbonyl (C=O) groups is 1. The van der Waals surface area contributed by atoms with Crippen molar-refractivity contribution in [3.63, 3.8) is 0 Å². The lowest BCUT2D eigenvalue weighted by Gasteiger charge is -2.12. The van der Waals surface area contributed by atoms with Gasteiger partial charge in [-0.25, -0.2) is 4.98 Å². The van der Waals surface area contributed by atoms with Gasteiger partial charge < -0.3 is 4.74 Å². The molecule has 1 heterocycles. The number of nitrogens with zero attached hydrogens (tertiary/aromatic N) is 2. The van der Waals surface area contributed by atoms with E-state index in [0.29, 0.717) is 28.6 Å². The number of hydrogen-bond acceptors (Lipinski definition) is 6. The summed E-state index contributed by atoms with van der Waals surface area (Å²) in [4.78, 5) is 15.7. The monoisotopic (exact) mass is 433 g/mol. The molecule has 9 heteroatoms. The molecule has 0 fully saturated rings. The Kier molecular flexibility index (Phi) is 6.83. The molecule has 3 aromatic rings. The van der Waals surface area contributed by atoms with Gasteiger partial charge in [0.2, 0.25) is 5.13 Å². The van der Waals surface area contributed by atoms with Gasteiger partial charge in [-0.3, -0.25) is 10.2 Å². The highest BCUT2D eigenvalue weighted by Gasteiger charge is 2.33. The van der Waals surface area contributed by atoms with Crippen LogP contribution in [0.15, 0.2) is 59.0 Å². The maximum atomic E-state index is 13.2. The fourth-order valence-electron chi connectivity index (χ4n) is 2.69. The van der Waals surface area contributed by atoms with Crippen LogP contribution in [0, 0.1) is 0 Å². The van der Waals surface area contributed by atoms with Gasteiger partial charge >= 0.3 is 12.1 Å². The quantitative estimate of drug-likeness (QED) is 0.309. The molecule has 5 nitrogen and oxygen atoms in total. The first-order valence-electron chi connectivity index (χ1n) is 9.02. The lowest BCUT2D eigenvalue weighted by Crippen LogP contribution is -2.07. The molecule has 2 aromatic carbocycles. The number of ether oxygens (including phenoxy) is 1. The smallest absolute Gasteiger partial charge is 0.417 e. The second-order valence-electron chi connectivity index (χ2n) is 6.16. The Balaban J connectivity index is 1.64. The second kappa shape index (κ2) is 9.53. The number of aromatic nitrogens is 1. The fourth-order valence-corrected chi connectivity index (χ4v) is 3.35. The van der Waals surface area contributed by atoms with Gasteiger partial charge in [-0.1, -0.05) is 42.5 Å². The molecule has 0 aliphatic carbocycles. The van der Waals surface area contributed by atoms with E-state index in [9.17, 15) is 18.0 Å². The van der Waals surface area contributed by atoms with Gasteiger partial charge in [0.15, 0.2) is 0 Å². The van der Waals surface area contributed by atoms with Gasteiger partial charge in [0.05, 0.1) is 30.5 Å². The van der Waals surface area contributed by atoms with Crippen LogP contribution in [-0.2, 0) is 22.1 Å². The minimum Gasteiger partial charge on any atom is -0.466 e. The number of esters is 1.